The first-order valence-corrected chi connectivity index (χ1v) is 19.6. The van der Waals surface area contributed by atoms with E-state index >= 15 is 0 Å². The smallest absolute Gasteiger partial charge is 0.0963 e. The van der Waals surface area contributed by atoms with Gasteiger partial charge in [-0.05, 0) is 111 Å². The molecule has 0 amide bonds. The van der Waals surface area contributed by atoms with E-state index in [4.69, 9.17) is 4.98 Å². The lowest BCUT2D eigenvalue weighted by Crippen LogP contribution is -2.12. The molecule has 0 spiro atoms. The molecule has 0 aliphatic heterocycles. The summed E-state index contributed by atoms with van der Waals surface area (Å²) in [5.74, 6) is 0. The zero-order valence-corrected chi connectivity index (χ0v) is 31.0. The highest BCUT2D eigenvalue weighted by molar-refractivity contribution is 6.17. The van der Waals surface area contributed by atoms with E-state index in [-0.39, 0.29) is 5.41 Å². The Morgan fingerprint density at radius 3 is 1.91 bits per heavy atom. The fourth-order valence-electron chi connectivity index (χ4n) is 9.39. The van der Waals surface area contributed by atoms with E-state index in [2.05, 4.69) is 209 Å². The topological polar surface area (TPSA) is 22.8 Å². The number of para-hydroxylation sites is 2. The van der Waals surface area contributed by atoms with E-state index in [1.807, 2.05) is 12.3 Å². The van der Waals surface area contributed by atoms with Crippen LogP contribution in [0.1, 0.15) is 16.7 Å². The van der Waals surface area contributed by atoms with Gasteiger partial charge < -0.3 is 9.13 Å². The molecule has 0 fully saturated rings. The second-order valence-corrected chi connectivity index (χ2v) is 15.2. The molecule has 1 unspecified atom stereocenters. The van der Waals surface area contributed by atoms with Gasteiger partial charge in [0.25, 0.3) is 0 Å². The number of benzene rings is 7. The van der Waals surface area contributed by atoms with E-state index < -0.39 is 0 Å². The largest absolute Gasteiger partial charge is 0.309 e. The van der Waals surface area contributed by atoms with Crippen LogP contribution in [0, 0.1) is 0 Å². The Balaban J connectivity index is 0.989. The van der Waals surface area contributed by atoms with Crippen LogP contribution in [-0.2, 0) is 5.41 Å². The molecule has 0 bridgehead atoms. The van der Waals surface area contributed by atoms with E-state index in [0.717, 1.165) is 33.3 Å². The zero-order valence-electron chi connectivity index (χ0n) is 31.0. The Labute approximate surface area is 330 Å². The van der Waals surface area contributed by atoms with E-state index in [0.29, 0.717) is 0 Å². The maximum atomic E-state index is 4.90. The second kappa shape index (κ2) is 12.3. The monoisotopic (exact) mass is 725 g/mol. The average molecular weight is 726 g/mol. The minimum Gasteiger partial charge on any atom is -0.309 e. The van der Waals surface area contributed by atoms with Gasteiger partial charge in [0.1, 0.15) is 0 Å². The number of nitrogens with zero attached hydrogens (tertiary/aromatic N) is 3. The molecule has 0 radical (unpaired) electrons. The third-order valence-electron chi connectivity index (χ3n) is 12.0. The number of fused-ring (bicyclic) bond motifs is 7. The first-order valence-electron chi connectivity index (χ1n) is 19.6. The van der Waals surface area contributed by atoms with E-state index in [1.165, 1.54) is 66.3 Å². The fraction of sp³-hybridized carbons (Fsp3) is 0.0185. The van der Waals surface area contributed by atoms with Crippen molar-refractivity contribution in [3.63, 3.8) is 0 Å². The molecular formula is C54H35N3. The third-order valence-corrected chi connectivity index (χ3v) is 12.0. The minimum atomic E-state index is -0.173. The van der Waals surface area contributed by atoms with Gasteiger partial charge in [-0.15, -0.1) is 0 Å². The molecule has 12 rings (SSSR count). The SMILES string of the molecule is C1=C(c2ccc(-n3c4ccccc4c4c(-c5ccc6c(c5)c5ncccc5n6-c5ccccc5)cccc43)cc2)C=C(c2ccccc2)C2=CC12c1ccccc1. The van der Waals surface area contributed by atoms with Crippen molar-refractivity contribution in [2.24, 2.45) is 0 Å². The number of hydrogen-bond donors (Lipinski definition) is 0. The molecule has 0 saturated heterocycles. The third kappa shape index (κ3) is 4.82. The van der Waals surface area contributed by atoms with Gasteiger partial charge in [0.2, 0.25) is 0 Å². The molecular weight excluding hydrogens is 691 g/mol. The Morgan fingerprint density at radius 2 is 1.09 bits per heavy atom. The van der Waals surface area contributed by atoms with Crippen molar-refractivity contribution < 1.29 is 0 Å². The summed E-state index contributed by atoms with van der Waals surface area (Å²) in [5.41, 5.74) is 17.8. The van der Waals surface area contributed by atoms with Crippen LogP contribution in [0.2, 0.25) is 0 Å². The molecule has 3 aromatic heterocycles. The molecule has 7 aromatic carbocycles. The molecule has 3 heteroatoms. The lowest BCUT2D eigenvalue weighted by atomic mass is 9.79. The Kier molecular flexibility index (Phi) is 6.84. The molecule has 266 valence electrons. The van der Waals surface area contributed by atoms with Crippen LogP contribution >= 0.6 is 0 Å². The van der Waals surface area contributed by atoms with Crippen molar-refractivity contribution in [3.8, 4) is 22.5 Å². The lowest BCUT2D eigenvalue weighted by molar-refractivity contribution is 0.958. The van der Waals surface area contributed by atoms with Crippen molar-refractivity contribution in [1.82, 2.24) is 14.1 Å². The van der Waals surface area contributed by atoms with Crippen molar-refractivity contribution in [3.05, 3.63) is 235 Å². The standard InChI is InChI=1S/C54H35N3/c1-4-14-37(15-5-1)45-33-39(34-54(35-47(45)54)40-16-6-2-7-17-40)36-25-28-42(29-26-36)56-48-22-11-10-20-44(48)52-43(21-12-23-50(52)56)38-27-30-49-46(32-38)53-51(24-13-31-55-53)57(49)41-18-8-3-9-19-41/h1-35H. The number of hydrogen-bond acceptors (Lipinski definition) is 1. The molecule has 3 heterocycles. The van der Waals surface area contributed by atoms with Crippen molar-refractivity contribution >= 4 is 54.9 Å². The lowest BCUT2D eigenvalue weighted by Gasteiger charge is -2.23. The maximum Gasteiger partial charge on any atom is 0.0963 e. The second-order valence-electron chi connectivity index (χ2n) is 15.2. The quantitative estimate of drug-likeness (QED) is 0.167. The van der Waals surface area contributed by atoms with Crippen LogP contribution < -0.4 is 0 Å². The van der Waals surface area contributed by atoms with E-state index in [9.17, 15) is 0 Å². The van der Waals surface area contributed by atoms with Gasteiger partial charge in [-0.3, -0.25) is 4.98 Å². The minimum absolute atomic E-state index is 0.173. The maximum absolute atomic E-state index is 4.90. The van der Waals surface area contributed by atoms with Crippen LogP contribution in [0.3, 0.4) is 0 Å². The van der Waals surface area contributed by atoms with Crippen molar-refractivity contribution in [2.45, 2.75) is 5.41 Å². The fourth-order valence-corrected chi connectivity index (χ4v) is 9.39. The number of pyridine rings is 1. The normalized spacial score (nSPS) is 16.1. The predicted octanol–water partition coefficient (Wildman–Crippen LogP) is 13.3. The Morgan fingerprint density at radius 1 is 0.439 bits per heavy atom. The predicted molar refractivity (Wildman–Crippen MR) is 237 cm³/mol. The molecule has 3 nitrogen and oxygen atoms in total. The number of allylic oxidation sites excluding steroid dienone is 6. The number of rotatable bonds is 6. The van der Waals surface area contributed by atoms with Crippen LogP contribution in [0.5, 0.6) is 0 Å². The highest BCUT2D eigenvalue weighted by Crippen LogP contribution is 2.58. The van der Waals surface area contributed by atoms with Gasteiger partial charge in [0, 0.05) is 33.7 Å². The van der Waals surface area contributed by atoms with Gasteiger partial charge >= 0.3 is 0 Å². The van der Waals surface area contributed by atoms with E-state index in [1.54, 1.807) is 0 Å². The van der Waals surface area contributed by atoms with Gasteiger partial charge in [0.05, 0.1) is 33.0 Å². The Bertz CT molecular complexity index is 3310. The molecule has 2 aliphatic rings. The highest BCUT2D eigenvalue weighted by atomic mass is 15.0. The van der Waals surface area contributed by atoms with Crippen LogP contribution in [0.15, 0.2) is 218 Å². The van der Waals surface area contributed by atoms with Crippen molar-refractivity contribution in [2.75, 3.05) is 0 Å². The van der Waals surface area contributed by atoms with Gasteiger partial charge in [0.15, 0.2) is 0 Å². The summed E-state index contributed by atoms with van der Waals surface area (Å²) in [6.45, 7) is 0. The van der Waals surface area contributed by atoms with Gasteiger partial charge in [-0.25, -0.2) is 0 Å². The van der Waals surface area contributed by atoms with Crippen molar-refractivity contribution in [1.29, 1.82) is 0 Å². The summed E-state index contributed by atoms with van der Waals surface area (Å²) < 4.78 is 4.74. The van der Waals surface area contributed by atoms with Gasteiger partial charge in [-0.1, -0.05) is 140 Å². The summed E-state index contributed by atoms with van der Waals surface area (Å²) in [4.78, 5) is 4.90. The van der Waals surface area contributed by atoms with Crippen LogP contribution in [0.25, 0.3) is 77.4 Å². The van der Waals surface area contributed by atoms with Crippen LogP contribution in [0.4, 0.5) is 0 Å². The highest BCUT2D eigenvalue weighted by Gasteiger charge is 2.47. The molecule has 10 aromatic rings. The molecule has 0 saturated carbocycles. The summed E-state index contributed by atoms with van der Waals surface area (Å²) in [5, 5.41) is 3.63. The zero-order chi connectivity index (χ0) is 37.5. The van der Waals surface area contributed by atoms with Gasteiger partial charge in [-0.2, -0.15) is 0 Å². The molecule has 2 aliphatic carbocycles. The summed E-state index contributed by atoms with van der Waals surface area (Å²) in [7, 11) is 0. The summed E-state index contributed by atoms with van der Waals surface area (Å²) in [6.07, 6.45) is 9.15. The number of aromatic nitrogens is 3. The van der Waals surface area contributed by atoms with Crippen LogP contribution in [-0.4, -0.2) is 14.1 Å². The summed E-state index contributed by atoms with van der Waals surface area (Å²) in [6, 6.07) is 68.0. The summed E-state index contributed by atoms with van der Waals surface area (Å²) >= 11 is 0. The molecule has 0 N–H and O–H groups in total. The Hall–Kier alpha value is -7.49. The average Bonchev–Trinajstić information content (AvgIpc) is 3.83. The first-order chi connectivity index (χ1) is 28.2. The first kappa shape index (κ1) is 31.8. The molecule has 1 atom stereocenters. The molecule has 57 heavy (non-hydrogen) atoms.